The molecular formula is C19H19N3O4S2. The monoisotopic (exact) mass is 417 g/mol. The number of para-hydroxylation sites is 2. The number of thiophene rings is 1. The Hall–Kier alpha value is -2.91. The van der Waals surface area contributed by atoms with Gasteiger partial charge in [0.25, 0.3) is 11.8 Å². The molecule has 0 aliphatic heterocycles. The van der Waals surface area contributed by atoms with Gasteiger partial charge in [-0.3, -0.25) is 9.59 Å². The second-order valence-electron chi connectivity index (χ2n) is 5.56. The van der Waals surface area contributed by atoms with Crippen molar-refractivity contribution in [3.8, 4) is 11.5 Å². The Morgan fingerprint density at radius 2 is 1.75 bits per heavy atom. The summed E-state index contributed by atoms with van der Waals surface area (Å²) in [6, 6.07) is 10.9. The third-order valence-corrected chi connectivity index (χ3v) is 5.34. The summed E-state index contributed by atoms with van der Waals surface area (Å²) < 4.78 is 10.9. The highest BCUT2D eigenvalue weighted by molar-refractivity contribution is 7.12. The lowest BCUT2D eigenvalue weighted by atomic mass is 10.3. The van der Waals surface area contributed by atoms with Crippen molar-refractivity contribution in [2.24, 2.45) is 0 Å². The van der Waals surface area contributed by atoms with Crippen LogP contribution in [0, 0.1) is 0 Å². The molecule has 2 heterocycles. The summed E-state index contributed by atoms with van der Waals surface area (Å²) >= 11 is 2.72. The summed E-state index contributed by atoms with van der Waals surface area (Å²) in [5.41, 5.74) is 0.327. The van der Waals surface area contributed by atoms with Crippen molar-refractivity contribution in [1.82, 2.24) is 15.6 Å². The maximum atomic E-state index is 12.2. The number of rotatable bonds is 9. The number of carbonyl (C=O) groups is 2. The number of nitrogens with one attached hydrogen (secondary N) is 2. The normalized spacial score (nSPS) is 10.3. The van der Waals surface area contributed by atoms with Gasteiger partial charge >= 0.3 is 0 Å². The van der Waals surface area contributed by atoms with E-state index in [2.05, 4.69) is 15.6 Å². The first-order valence-electron chi connectivity index (χ1n) is 8.47. The molecule has 0 unspecified atom stereocenters. The van der Waals surface area contributed by atoms with Gasteiger partial charge in [0.1, 0.15) is 17.3 Å². The van der Waals surface area contributed by atoms with Crippen molar-refractivity contribution in [3.63, 3.8) is 0 Å². The average molecular weight is 418 g/mol. The van der Waals surface area contributed by atoms with Gasteiger partial charge in [-0.2, -0.15) is 0 Å². The van der Waals surface area contributed by atoms with Crippen LogP contribution in [0.3, 0.4) is 0 Å². The topological polar surface area (TPSA) is 89.6 Å². The molecule has 0 aliphatic carbocycles. The van der Waals surface area contributed by atoms with Crippen molar-refractivity contribution in [1.29, 1.82) is 0 Å². The van der Waals surface area contributed by atoms with Gasteiger partial charge in [-0.1, -0.05) is 18.2 Å². The summed E-state index contributed by atoms with van der Waals surface area (Å²) in [6.45, 7) is 0.909. The van der Waals surface area contributed by atoms with Crippen molar-refractivity contribution in [3.05, 3.63) is 62.7 Å². The molecule has 2 N–H and O–H groups in total. The molecular weight excluding hydrogens is 398 g/mol. The van der Waals surface area contributed by atoms with Gasteiger partial charge in [0.05, 0.1) is 12.0 Å². The highest BCUT2D eigenvalue weighted by Crippen LogP contribution is 2.27. The molecule has 0 spiro atoms. The quantitative estimate of drug-likeness (QED) is 0.523. The SMILES string of the molecule is COc1ccccc1OCc1nc(C(=O)NCCNC(=O)c2cccs2)cs1. The minimum absolute atomic E-state index is 0.145. The summed E-state index contributed by atoms with van der Waals surface area (Å²) in [4.78, 5) is 28.9. The number of methoxy groups -OCH3 is 1. The molecule has 0 atom stereocenters. The van der Waals surface area contributed by atoms with Gasteiger partial charge in [0.15, 0.2) is 11.5 Å². The molecule has 0 bridgehead atoms. The zero-order valence-corrected chi connectivity index (χ0v) is 16.8. The van der Waals surface area contributed by atoms with E-state index in [4.69, 9.17) is 9.47 Å². The van der Waals surface area contributed by atoms with E-state index in [0.717, 1.165) is 0 Å². The molecule has 3 aromatic rings. The second-order valence-corrected chi connectivity index (χ2v) is 7.45. The van der Waals surface area contributed by atoms with Gasteiger partial charge in [-0.25, -0.2) is 4.98 Å². The summed E-state index contributed by atoms with van der Waals surface area (Å²) in [6.07, 6.45) is 0. The number of benzene rings is 1. The van der Waals surface area contributed by atoms with Crippen molar-refractivity contribution in [2.75, 3.05) is 20.2 Å². The van der Waals surface area contributed by atoms with Crippen LogP contribution in [0.15, 0.2) is 47.2 Å². The molecule has 0 radical (unpaired) electrons. The molecule has 0 saturated heterocycles. The second kappa shape index (κ2) is 9.86. The number of carbonyl (C=O) groups excluding carboxylic acids is 2. The number of thiazole rings is 1. The Morgan fingerprint density at radius 3 is 2.46 bits per heavy atom. The molecule has 2 aromatic heterocycles. The van der Waals surface area contributed by atoms with Crippen LogP contribution in [0.5, 0.6) is 11.5 Å². The van der Waals surface area contributed by atoms with Crippen molar-refractivity contribution >= 4 is 34.5 Å². The Morgan fingerprint density at radius 1 is 1.00 bits per heavy atom. The lowest BCUT2D eigenvalue weighted by Crippen LogP contribution is -2.34. The smallest absolute Gasteiger partial charge is 0.270 e. The summed E-state index contributed by atoms with van der Waals surface area (Å²) in [5, 5.41) is 9.70. The molecule has 146 valence electrons. The number of nitrogens with zero attached hydrogens (tertiary/aromatic N) is 1. The van der Waals surface area contributed by atoms with E-state index in [1.807, 2.05) is 35.7 Å². The van der Waals surface area contributed by atoms with E-state index in [1.54, 1.807) is 18.6 Å². The predicted octanol–water partition coefficient (Wildman–Crippen LogP) is 2.95. The molecule has 0 fully saturated rings. The molecule has 28 heavy (non-hydrogen) atoms. The number of hydrogen-bond donors (Lipinski definition) is 2. The number of hydrogen-bond acceptors (Lipinski definition) is 7. The van der Waals surface area contributed by atoms with E-state index in [-0.39, 0.29) is 18.4 Å². The lowest BCUT2D eigenvalue weighted by Gasteiger charge is -2.08. The first-order chi connectivity index (χ1) is 13.7. The number of amides is 2. The fraction of sp³-hybridized carbons (Fsp3) is 0.211. The molecule has 0 saturated carbocycles. The van der Waals surface area contributed by atoms with Gasteiger partial charge in [-0.15, -0.1) is 22.7 Å². The van der Waals surface area contributed by atoms with Crippen LogP contribution in [0.25, 0.3) is 0 Å². The molecule has 1 aromatic carbocycles. The van der Waals surface area contributed by atoms with Gasteiger partial charge in [0.2, 0.25) is 0 Å². The zero-order valence-electron chi connectivity index (χ0n) is 15.1. The highest BCUT2D eigenvalue weighted by Gasteiger charge is 2.12. The summed E-state index contributed by atoms with van der Waals surface area (Å²) in [7, 11) is 1.58. The Kier molecular flexibility index (Phi) is 6.99. The van der Waals surface area contributed by atoms with E-state index >= 15 is 0 Å². The fourth-order valence-corrected chi connectivity index (χ4v) is 3.62. The number of aromatic nitrogens is 1. The van der Waals surface area contributed by atoms with Crippen LogP contribution in [0.4, 0.5) is 0 Å². The first-order valence-corrected chi connectivity index (χ1v) is 10.2. The summed E-state index contributed by atoms with van der Waals surface area (Å²) in [5.74, 6) is 0.827. The van der Waals surface area contributed by atoms with Crippen LogP contribution >= 0.6 is 22.7 Å². The minimum atomic E-state index is -0.287. The Bertz CT molecular complexity index is 925. The molecule has 9 heteroatoms. The third kappa shape index (κ3) is 5.30. The third-order valence-electron chi connectivity index (χ3n) is 3.65. The van der Waals surface area contributed by atoms with Gasteiger partial charge < -0.3 is 20.1 Å². The largest absolute Gasteiger partial charge is 0.493 e. The molecule has 3 rings (SSSR count). The van der Waals surface area contributed by atoms with E-state index in [0.29, 0.717) is 40.2 Å². The van der Waals surface area contributed by atoms with Crippen LogP contribution in [0.1, 0.15) is 25.2 Å². The molecule has 2 amide bonds. The van der Waals surface area contributed by atoms with Gasteiger partial charge in [-0.05, 0) is 23.6 Å². The van der Waals surface area contributed by atoms with Crippen LogP contribution in [0.2, 0.25) is 0 Å². The standard InChI is InChI=1S/C19H19N3O4S2/c1-25-14-5-2-3-6-15(14)26-11-17-22-13(12-28-17)18(23)20-8-9-21-19(24)16-7-4-10-27-16/h2-7,10,12H,8-9,11H2,1H3,(H,20,23)(H,21,24). The lowest BCUT2D eigenvalue weighted by molar-refractivity contribution is 0.0927. The van der Waals surface area contributed by atoms with Crippen LogP contribution < -0.4 is 20.1 Å². The fourth-order valence-electron chi connectivity index (χ4n) is 2.30. The molecule has 0 aliphatic rings. The van der Waals surface area contributed by atoms with Crippen LogP contribution in [-0.4, -0.2) is 37.0 Å². The Balaban J connectivity index is 1.43. The number of ether oxygens (including phenoxy) is 2. The maximum absolute atomic E-state index is 12.2. The minimum Gasteiger partial charge on any atom is -0.493 e. The van der Waals surface area contributed by atoms with Gasteiger partial charge in [0, 0.05) is 18.5 Å². The van der Waals surface area contributed by atoms with E-state index in [1.165, 1.54) is 22.7 Å². The Labute approximate surface area is 170 Å². The van der Waals surface area contributed by atoms with Crippen molar-refractivity contribution < 1.29 is 19.1 Å². The zero-order chi connectivity index (χ0) is 19.8. The highest BCUT2D eigenvalue weighted by atomic mass is 32.1. The predicted molar refractivity (Wildman–Crippen MR) is 108 cm³/mol. The average Bonchev–Trinajstić information content (AvgIpc) is 3.41. The first kappa shape index (κ1) is 19.8. The van der Waals surface area contributed by atoms with Crippen LogP contribution in [-0.2, 0) is 6.61 Å². The van der Waals surface area contributed by atoms with E-state index < -0.39 is 0 Å². The maximum Gasteiger partial charge on any atom is 0.270 e. The molecule has 7 nitrogen and oxygen atoms in total. The van der Waals surface area contributed by atoms with E-state index in [9.17, 15) is 9.59 Å². The van der Waals surface area contributed by atoms with Crippen molar-refractivity contribution in [2.45, 2.75) is 6.61 Å².